The highest BCUT2D eigenvalue weighted by Gasteiger charge is 2.23. The third-order valence-corrected chi connectivity index (χ3v) is 5.45. The smallest absolute Gasteiger partial charge is 0.243 e. The molecule has 0 aliphatic carbocycles. The average Bonchev–Trinajstić information content (AvgIpc) is 2.61. The maximum absolute atomic E-state index is 12.6. The van der Waals surface area contributed by atoms with Crippen molar-refractivity contribution >= 4 is 10.0 Å². The van der Waals surface area contributed by atoms with E-state index in [1.54, 1.807) is 42.5 Å². The lowest BCUT2D eigenvalue weighted by molar-refractivity contribution is 0.319. The molecule has 0 atom stereocenters. The lowest BCUT2D eigenvalue weighted by Crippen LogP contribution is -2.26. The summed E-state index contributed by atoms with van der Waals surface area (Å²) in [6.07, 6.45) is 0. The van der Waals surface area contributed by atoms with E-state index in [1.165, 1.54) is 32.7 Å². The Hall–Kier alpha value is -2.25. The number of ether oxygens (including phenoxy) is 3. The van der Waals surface area contributed by atoms with E-state index in [1.807, 2.05) is 0 Å². The fourth-order valence-electron chi connectivity index (χ4n) is 2.38. The summed E-state index contributed by atoms with van der Waals surface area (Å²) in [6.45, 7) is 0.140. The van der Waals surface area contributed by atoms with Crippen LogP contribution in [0, 0.1) is 0 Å². The topological polar surface area (TPSA) is 65.1 Å². The predicted molar refractivity (Wildman–Crippen MR) is 91.2 cm³/mol. The van der Waals surface area contributed by atoms with Gasteiger partial charge in [-0.15, -0.1) is 0 Å². The van der Waals surface area contributed by atoms with Crippen molar-refractivity contribution in [3.05, 3.63) is 48.0 Å². The molecule has 0 fully saturated rings. The minimum atomic E-state index is -3.59. The molecule has 6 nitrogen and oxygen atoms in total. The molecule has 0 N–H and O–H groups in total. The molecule has 0 aliphatic heterocycles. The summed E-state index contributed by atoms with van der Waals surface area (Å²) in [5.41, 5.74) is 0.678. The molecule has 130 valence electrons. The van der Waals surface area contributed by atoms with Gasteiger partial charge in [0.25, 0.3) is 0 Å². The van der Waals surface area contributed by atoms with Crippen LogP contribution in [0.15, 0.2) is 47.4 Å². The fraction of sp³-hybridized carbons (Fsp3) is 0.294. The van der Waals surface area contributed by atoms with Gasteiger partial charge in [-0.25, -0.2) is 8.42 Å². The van der Waals surface area contributed by atoms with Crippen molar-refractivity contribution < 1.29 is 22.6 Å². The molecule has 7 heteroatoms. The Balaban J connectivity index is 2.37. The third kappa shape index (κ3) is 3.47. The van der Waals surface area contributed by atoms with Gasteiger partial charge in [0, 0.05) is 19.2 Å². The van der Waals surface area contributed by atoms with Gasteiger partial charge >= 0.3 is 0 Å². The molecule has 0 aromatic heterocycles. The first-order valence-electron chi connectivity index (χ1n) is 7.25. The van der Waals surface area contributed by atoms with E-state index in [2.05, 4.69) is 0 Å². The molecule has 0 saturated carbocycles. The number of methoxy groups -OCH3 is 3. The van der Waals surface area contributed by atoms with Gasteiger partial charge in [0.05, 0.1) is 26.2 Å². The van der Waals surface area contributed by atoms with Crippen LogP contribution in [0.1, 0.15) is 5.56 Å². The fourth-order valence-corrected chi connectivity index (χ4v) is 3.55. The van der Waals surface area contributed by atoms with Gasteiger partial charge in [0.2, 0.25) is 15.8 Å². The van der Waals surface area contributed by atoms with Crippen molar-refractivity contribution in [3.8, 4) is 17.2 Å². The Labute approximate surface area is 142 Å². The Morgan fingerprint density at radius 2 is 1.50 bits per heavy atom. The Kier molecular flexibility index (Phi) is 5.69. The Morgan fingerprint density at radius 1 is 0.875 bits per heavy atom. The maximum Gasteiger partial charge on any atom is 0.243 e. The zero-order valence-electron chi connectivity index (χ0n) is 14.1. The van der Waals surface area contributed by atoms with Crippen molar-refractivity contribution in [2.75, 3.05) is 28.4 Å². The maximum atomic E-state index is 12.6. The summed E-state index contributed by atoms with van der Waals surface area (Å²) in [5.74, 6) is 1.40. The summed E-state index contributed by atoms with van der Waals surface area (Å²) < 4.78 is 42.5. The minimum Gasteiger partial charge on any atom is -0.493 e. The molecule has 24 heavy (non-hydrogen) atoms. The first-order valence-corrected chi connectivity index (χ1v) is 8.69. The molecular weight excluding hydrogens is 330 g/mol. The standard InChI is InChI=1S/C17H21NO5S/c1-18(24(19,20)14-8-6-5-7-9-14)12-13-10-11-15(21-2)17(23-4)16(13)22-3/h5-11H,12H2,1-4H3. The molecule has 0 heterocycles. The number of hydrogen-bond acceptors (Lipinski definition) is 5. The molecule has 0 aliphatic rings. The summed E-state index contributed by atoms with van der Waals surface area (Å²) in [6, 6.07) is 11.8. The molecule has 2 rings (SSSR count). The third-order valence-electron chi connectivity index (χ3n) is 3.63. The van der Waals surface area contributed by atoms with E-state index in [4.69, 9.17) is 14.2 Å². The van der Waals surface area contributed by atoms with Gasteiger partial charge in [0.15, 0.2) is 11.5 Å². The zero-order valence-corrected chi connectivity index (χ0v) is 15.0. The number of nitrogens with zero attached hydrogens (tertiary/aromatic N) is 1. The SMILES string of the molecule is COc1ccc(CN(C)S(=O)(=O)c2ccccc2)c(OC)c1OC. The lowest BCUT2D eigenvalue weighted by Gasteiger charge is -2.20. The van der Waals surface area contributed by atoms with E-state index in [0.717, 1.165) is 0 Å². The van der Waals surface area contributed by atoms with Crippen LogP contribution in [0.2, 0.25) is 0 Å². The average molecular weight is 351 g/mol. The van der Waals surface area contributed by atoms with E-state index in [9.17, 15) is 8.42 Å². The summed E-state index contributed by atoms with van der Waals surface area (Å²) in [4.78, 5) is 0.243. The number of sulfonamides is 1. The Morgan fingerprint density at radius 3 is 2.04 bits per heavy atom. The molecule has 0 radical (unpaired) electrons. The molecule has 0 spiro atoms. The molecular formula is C17H21NO5S. The van der Waals surface area contributed by atoms with E-state index < -0.39 is 10.0 Å². The van der Waals surface area contributed by atoms with Crippen LogP contribution in [0.25, 0.3) is 0 Å². The van der Waals surface area contributed by atoms with Crippen molar-refractivity contribution in [1.29, 1.82) is 0 Å². The van der Waals surface area contributed by atoms with Crippen LogP contribution in [-0.4, -0.2) is 41.1 Å². The van der Waals surface area contributed by atoms with Crippen LogP contribution in [0.4, 0.5) is 0 Å². The summed E-state index contributed by atoms with van der Waals surface area (Å²) in [5, 5.41) is 0. The van der Waals surface area contributed by atoms with Crippen molar-refractivity contribution in [1.82, 2.24) is 4.31 Å². The quantitative estimate of drug-likeness (QED) is 0.767. The van der Waals surface area contributed by atoms with Crippen LogP contribution >= 0.6 is 0 Å². The van der Waals surface area contributed by atoms with Gasteiger partial charge in [-0.05, 0) is 18.2 Å². The second-order valence-corrected chi connectivity index (χ2v) is 7.11. The lowest BCUT2D eigenvalue weighted by atomic mass is 10.1. The van der Waals surface area contributed by atoms with Crippen molar-refractivity contribution in [3.63, 3.8) is 0 Å². The molecule has 0 amide bonds. The highest BCUT2D eigenvalue weighted by Crippen LogP contribution is 2.40. The van der Waals surface area contributed by atoms with Gasteiger partial charge in [-0.2, -0.15) is 4.31 Å². The van der Waals surface area contributed by atoms with Crippen LogP contribution in [-0.2, 0) is 16.6 Å². The van der Waals surface area contributed by atoms with Gasteiger partial charge in [0.1, 0.15) is 0 Å². The van der Waals surface area contributed by atoms with Crippen molar-refractivity contribution in [2.24, 2.45) is 0 Å². The first-order chi connectivity index (χ1) is 11.5. The second kappa shape index (κ2) is 7.55. The van der Waals surface area contributed by atoms with Gasteiger partial charge in [-0.1, -0.05) is 24.3 Å². The van der Waals surface area contributed by atoms with Gasteiger partial charge in [-0.3, -0.25) is 0 Å². The highest BCUT2D eigenvalue weighted by molar-refractivity contribution is 7.89. The minimum absolute atomic E-state index is 0.140. The molecule has 0 saturated heterocycles. The summed E-state index contributed by atoms with van der Waals surface area (Å²) >= 11 is 0. The van der Waals surface area contributed by atoms with E-state index in [0.29, 0.717) is 22.8 Å². The van der Waals surface area contributed by atoms with Crippen molar-refractivity contribution in [2.45, 2.75) is 11.4 Å². The largest absolute Gasteiger partial charge is 0.493 e. The normalized spacial score (nSPS) is 11.4. The first kappa shape index (κ1) is 18.1. The van der Waals surface area contributed by atoms with Crippen LogP contribution in [0.3, 0.4) is 0 Å². The van der Waals surface area contributed by atoms with Crippen LogP contribution in [0.5, 0.6) is 17.2 Å². The van der Waals surface area contributed by atoms with E-state index >= 15 is 0 Å². The number of benzene rings is 2. The summed E-state index contributed by atoms with van der Waals surface area (Å²) in [7, 11) is 2.48. The number of rotatable bonds is 7. The monoisotopic (exact) mass is 351 g/mol. The number of hydrogen-bond donors (Lipinski definition) is 0. The molecule has 2 aromatic carbocycles. The van der Waals surface area contributed by atoms with E-state index in [-0.39, 0.29) is 11.4 Å². The molecule has 0 bridgehead atoms. The molecule has 0 unspecified atom stereocenters. The zero-order chi connectivity index (χ0) is 17.7. The Bertz CT molecular complexity index is 790. The highest BCUT2D eigenvalue weighted by atomic mass is 32.2. The predicted octanol–water partition coefficient (Wildman–Crippen LogP) is 2.53. The van der Waals surface area contributed by atoms with Gasteiger partial charge < -0.3 is 14.2 Å². The molecule has 2 aromatic rings. The second-order valence-electron chi connectivity index (χ2n) is 5.07. The van der Waals surface area contributed by atoms with Crippen LogP contribution < -0.4 is 14.2 Å².